The van der Waals surface area contributed by atoms with Gasteiger partial charge in [-0.15, -0.1) is 5.10 Å². The molecule has 0 saturated carbocycles. The van der Waals surface area contributed by atoms with Gasteiger partial charge in [-0.3, -0.25) is 4.90 Å². The molecule has 0 spiro atoms. The molecule has 19 heavy (non-hydrogen) atoms. The predicted molar refractivity (Wildman–Crippen MR) is 70.8 cm³/mol. The zero-order valence-corrected chi connectivity index (χ0v) is 10.7. The Morgan fingerprint density at radius 2 is 1.74 bits per heavy atom. The van der Waals surface area contributed by atoms with E-state index in [1.807, 2.05) is 35.2 Å². The molecule has 0 unspecified atom stereocenters. The molecule has 2 rings (SSSR count). The second kappa shape index (κ2) is 6.98. The van der Waals surface area contributed by atoms with Crippen molar-refractivity contribution in [3.8, 4) is 5.69 Å². The first kappa shape index (κ1) is 13.7. The standard InChI is InChI=1S/C13H18N4O2/c18-8-6-16(7-9-19)10-13-14-11-17(15-13)12-4-2-1-3-5-12/h1-5,11,18-19H,6-10H2. The van der Waals surface area contributed by atoms with E-state index in [1.165, 1.54) is 0 Å². The molecule has 0 radical (unpaired) electrons. The molecule has 0 bridgehead atoms. The van der Waals surface area contributed by atoms with Crippen LogP contribution in [0.2, 0.25) is 0 Å². The van der Waals surface area contributed by atoms with Gasteiger partial charge in [0.05, 0.1) is 25.4 Å². The first-order valence-electron chi connectivity index (χ1n) is 6.23. The Hall–Kier alpha value is -1.76. The van der Waals surface area contributed by atoms with Crippen LogP contribution in [0, 0.1) is 0 Å². The maximum absolute atomic E-state index is 8.96. The van der Waals surface area contributed by atoms with E-state index >= 15 is 0 Å². The Morgan fingerprint density at radius 3 is 2.37 bits per heavy atom. The van der Waals surface area contributed by atoms with Crippen LogP contribution in [0.4, 0.5) is 0 Å². The van der Waals surface area contributed by atoms with Gasteiger partial charge in [0.25, 0.3) is 0 Å². The van der Waals surface area contributed by atoms with Crippen molar-refractivity contribution in [3.05, 3.63) is 42.5 Å². The number of para-hydroxylation sites is 1. The highest BCUT2D eigenvalue weighted by atomic mass is 16.3. The third kappa shape index (κ3) is 3.85. The number of hydrogen-bond donors (Lipinski definition) is 2. The van der Waals surface area contributed by atoms with Crippen molar-refractivity contribution in [2.45, 2.75) is 6.54 Å². The van der Waals surface area contributed by atoms with E-state index in [0.717, 1.165) is 5.69 Å². The van der Waals surface area contributed by atoms with E-state index in [1.54, 1.807) is 11.0 Å². The molecule has 1 heterocycles. The molecule has 6 nitrogen and oxygen atoms in total. The van der Waals surface area contributed by atoms with Gasteiger partial charge < -0.3 is 10.2 Å². The Bertz CT molecular complexity index is 480. The highest BCUT2D eigenvalue weighted by Crippen LogP contribution is 2.06. The van der Waals surface area contributed by atoms with Gasteiger partial charge in [-0.25, -0.2) is 9.67 Å². The van der Waals surface area contributed by atoms with Gasteiger partial charge in [-0.2, -0.15) is 0 Å². The van der Waals surface area contributed by atoms with Gasteiger partial charge >= 0.3 is 0 Å². The minimum absolute atomic E-state index is 0.0550. The van der Waals surface area contributed by atoms with E-state index in [-0.39, 0.29) is 13.2 Å². The van der Waals surface area contributed by atoms with Crippen molar-refractivity contribution in [3.63, 3.8) is 0 Å². The van der Waals surface area contributed by atoms with Gasteiger partial charge in [-0.05, 0) is 12.1 Å². The summed E-state index contributed by atoms with van der Waals surface area (Å²) in [5.74, 6) is 0.672. The molecule has 0 aliphatic rings. The molecule has 2 N–H and O–H groups in total. The van der Waals surface area contributed by atoms with E-state index in [2.05, 4.69) is 10.1 Å². The lowest BCUT2D eigenvalue weighted by molar-refractivity contribution is 0.153. The molecule has 0 saturated heterocycles. The van der Waals surface area contributed by atoms with Gasteiger partial charge in [0, 0.05) is 13.1 Å². The summed E-state index contributed by atoms with van der Waals surface area (Å²) in [6.07, 6.45) is 1.67. The van der Waals surface area contributed by atoms with Crippen LogP contribution in [-0.4, -0.2) is 56.2 Å². The fourth-order valence-corrected chi connectivity index (χ4v) is 1.83. The van der Waals surface area contributed by atoms with E-state index in [0.29, 0.717) is 25.5 Å². The largest absolute Gasteiger partial charge is 0.395 e. The summed E-state index contributed by atoms with van der Waals surface area (Å²) in [5, 5.41) is 22.3. The third-order valence-electron chi connectivity index (χ3n) is 2.76. The number of aliphatic hydroxyl groups excluding tert-OH is 2. The van der Waals surface area contributed by atoms with Crippen molar-refractivity contribution in [1.82, 2.24) is 19.7 Å². The second-order valence-corrected chi connectivity index (χ2v) is 4.16. The maximum Gasteiger partial charge on any atom is 0.164 e. The van der Waals surface area contributed by atoms with Crippen molar-refractivity contribution < 1.29 is 10.2 Å². The Kier molecular flexibility index (Phi) is 5.02. The lowest BCUT2D eigenvalue weighted by Gasteiger charge is -2.17. The highest BCUT2D eigenvalue weighted by Gasteiger charge is 2.09. The van der Waals surface area contributed by atoms with Crippen LogP contribution in [0.3, 0.4) is 0 Å². The minimum atomic E-state index is 0.0550. The molecule has 2 aromatic rings. The minimum Gasteiger partial charge on any atom is -0.395 e. The quantitative estimate of drug-likeness (QED) is 0.738. The number of aromatic nitrogens is 3. The number of rotatable bonds is 7. The Labute approximate surface area is 111 Å². The molecule has 0 amide bonds. The molecule has 6 heteroatoms. The summed E-state index contributed by atoms with van der Waals surface area (Å²) in [6.45, 7) is 1.63. The molecule has 102 valence electrons. The van der Waals surface area contributed by atoms with Crippen LogP contribution in [-0.2, 0) is 6.54 Å². The van der Waals surface area contributed by atoms with Crippen LogP contribution in [0.25, 0.3) is 5.69 Å². The van der Waals surface area contributed by atoms with Crippen molar-refractivity contribution in [2.24, 2.45) is 0 Å². The number of nitrogens with zero attached hydrogens (tertiary/aromatic N) is 4. The Morgan fingerprint density at radius 1 is 1.05 bits per heavy atom. The summed E-state index contributed by atoms with van der Waals surface area (Å²) in [7, 11) is 0. The van der Waals surface area contributed by atoms with E-state index in [9.17, 15) is 0 Å². The molecular formula is C13H18N4O2. The Balaban J connectivity index is 2.04. The first-order valence-corrected chi connectivity index (χ1v) is 6.23. The maximum atomic E-state index is 8.96. The number of aliphatic hydroxyl groups is 2. The summed E-state index contributed by atoms with van der Waals surface area (Å²) in [4.78, 5) is 6.15. The smallest absolute Gasteiger partial charge is 0.164 e. The lowest BCUT2D eigenvalue weighted by Crippen LogP contribution is -2.29. The normalized spacial score (nSPS) is 11.1. The SMILES string of the molecule is OCCN(CCO)Cc1ncn(-c2ccccc2)n1. The van der Waals surface area contributed by atoms with E-state index < -0.39 is 0 Å². The van der Waals surface area contributed by atoms with Crippen LogP contribution < -0.4 is 0 Å². The van der Waals surface area contributed by atoms with Crippen LogP contribution in [0.5, 0.6) is 0 Å². The summed E-state index contributed by atoms with van der Waals surface area (Å²) >= 11 is 0. The molecule has 0 aliphatic heterocycles. The van der Waals surface area contributed by atoms with Gasteiger partial charge in [-0.1, -0.05) is 18.2 Å². The van der Waals surface area contributed by atoms with Gasteiger partial charge in [0.1, 0.15) is 6.33 Å². The second-order valence-electron chi connectivity index (χ2n) is 4.16. The molecule has 1 aromatic carbocycles. The van der Waals surface area contributed by atoms with Crippen LogP contribution in [0.1, 0.15) is 5.82 Å². The monoisotopic (exact) mass is 262 g/mol. The fraction of sp³-hybridized carbons (Fsp3) is 0.385. The van der Waals surface area contributed by atoms with Gasteiger partial charge in [0.15, 0.2) is 5.82 Å². The van der Waals surface area contributed by atoms with Crippen molar-refractivity contribution >= 4 is 0 Å². The van der Waals surface area contributed by atoms with Gasteiger partial charge in [0.2, 0.25) is 0 Å². The summed E-state index contributed by atoms with van der Waals surface area (Å²) in [6, 6.07) is 9.75. The van der Waals surface area contributed by atoms with Crippen molar-refractivity contribution in [1.29, 1.82) is 0 Å². The third-order valence-corrected chi connectivity index (χ3v) is 2.76. The van der Waals surface area contributed by atoms with Crippen LogP contribution in [0.15, 0.2) is 36.7 Å². The highest BCUT2D eigenvalue weighted by molar-refractivity contribution is 5.29. The average Bonchev–Trinajstić information content (AvgIpc) is 2.89. The average molecular weight is 262 g/mol. The lowest BCUT2D eigenvalue weighted by atomic mass is 10.3. The first-order chi connectivity index (χ1) is 9.33. The molecule has 0 aliphatic carbocycles. The van der Waals surface area contributed by atoms with Crippen LogP contribution >= 0.6 is 0 Å². The summed E-state index contributed by atoms with van der Waals surface area (Å²) in [5.41, 5.74) is 0.956. The fourth-order valence-electron chi connectivity index (χ4n) is 1.83. The zero-order valence-electron chi connectivity index (χ0n) is 10.7. The van der Waals surface area contributed by atoms with E-state index in [4.69, 9.17) is 10.2 Å². The topological polar surface area (TPSA) is 74.4 Å². The summed E-state index contributed by atoms with van der Waals surface area (Å²) < 4.78 is 1.71. The predicted octanol–water partition coefficient (Wildman–Crippen LogP) is 0.0539. The van der Waals surface area contributed by atoms with Crippen molar-refractivity contribution in [2.75, 3.05) is 26.3 Å². The number of benzene rings is 1. The zero-order chi connectivity index (χ0) is 13.5. The molecular weight excluding hydrogens is 244 g/mol. The number of hydrogen-bond acceptors (Lipinski definition) is 5. The molecule has 0 atom stereocenters. The molecule has 0 fully saturated rings. The molecule has 1 aromatic heterocycles.